The smallest absolute Gasteiger partial charge is 0.265 e. The molecule has 0 atom stereocenters. The van der Waals surface area contributed by atoms with Crippen LogP contribution in [0.2, 0.25) is 0 Å². The number of hydrogen-bond donors (Lipinski definition) is 0. The van der Waals surface area contributed by atoms with Crippen molar-refractivity contribution in [3.05, 3.63) is 75.8 Å². The molecular weight excluding hydrogens is 540 g/mol. The van der Waals surface area contributed by atoms with Crippen molar-refractivity contribution in [2.24, 2.45) is 0 Å². The fraction of sp³-hybridized carbons (Fsp3) is 0.250. The van der Waals surface area contributed by atoms with Crippen molar-refractivity contribution < 1.29 is 19.1 Å². The first-order chi connectivity index (χ1) is 17.4. The van der Waals surface area contributed by atoms with E-state index in [4.69, 9.17) is 21.7 Å². The highest BCUT2D eigenvalue weighted by Crippen LogP contribution is 2.38. The Balaban J connectivity index is 1.68. The number of halogens is 1. The largest absolute Gasteiger partial charge is 0.490 e. The van der Waals surface area contributed by atoms with Crippen LogP contribution in [-0.4, -0.2) is 46.4 Å². The third kappa shape index (κ3) is 5.01. The summed E-state index contributed by atoms with van der Waals surface area (Å²) in [6.45, 7) is 7.10. The van der Waals surface area contributed by atoms with Crippen molar-refractivity contribution >= 4 is 61.9 Å². The summed E-state index contributed by atoms with van der Waals surface area (Å²) in [5, 5.41) is 2.51. The van der Waals surface area contributed by atoms with Gasteiger partial charge in [-0.2, -0.15) is 0 Å². The van der Waals surface area contributed by atoms with Crippen LogP contribution < -0.4 is 9.47 Å². The van der Waals surface area contributed by atoms with Crippen LogP contribution in [0.1, 0.15) is 31.9 Å². The molecule has 1 aliphatic rings. The molecule has 0 spiro atoms. The van der Waals surface area contributed by atoms with Crippen molar-refractivity contribution in [1.29, 1.82) is 0 Å². The summed E-state index contributed by atoms with van der Waals surface area (Å²) in [4.78, 5) is 28.9. The van der Waals surface area contributed by atoms with Gasteiger partial charge in [0, 0.05) is 13.1 Å². The lowest BCUT2D eigenvalue weighted by atomic mass is 10.1. The first-order valence-electron chi connectivity index (χ1n) is 11.8. The van der Waals surface area contributed by atoms with Crippen LogP contribution in [0.15, 0.2) is 64.6 Å². The molecule has 0 aromatic heterocycles. The molecule has 2 amide bonds. The van der Waals surface area contributed by atoms with Gasteiger partial charge in [0.2, 0.25) is 0 Å². The van der Waals surface area contributed by atoms with Gasteiger partial charge < -0.3 is 9.47 Å². The second kappa shape index (κ2) is 11.2. The van der Waals surface area contributed by atoms with Crippen LogP contribution in [0.3, 0.4) is 0 Å². The highest BCUT2D eigenvalue weighted by Gasteiger charge is 2.37. The minimum Gasteiger partial charge on any atom is -0.490 e. The molecular formula is C28H27BrN2O4S. The first-order valence-corrected chi connectivity index (χ1v) is 13.0. The lowest BCUT2D eigenvalue weighted by molar-refractivity contribution is -0.133. The summed E-state index contributed by atoms with van der Waals surface area (Å²) in [6, 6.07) is 17.9. The second-order valence-electron chi connectivity index (χ2n) is 8.13. The molecule has 1 heterocycles. The van der Waals surface area contributed by atoms with Crippen molar-refractivity contribution in [3.63, 3.8) is 0 Å². The molecule has 36 heavy (non-hydrogen) atoms. The number of ether oxygens (including phenoxy) is 2. The van der Waals surface area contributed by atoms with Crippen LogP contribution in [0.5, 0.6) is 11.5 Å². The second-order valence-corrected chi connectivity index (χ2v) is 9.35. The minimum atomic E-state index is -0.400. The number of carbonyl (C=O) groups is 2. The van der Waals surface area contributed by atoms with E-state index in [1.165, 1.54) is 9.80 Å². The van der Waals surface area contributed by atoms with Gasteiger partial charge in [-0.15, -0.1) is 0 Å². The Morgan fingerprint density at radius 3 is 2.25 bits per heavy atom. The van der Waals surface area contributed by atoms with Gasteiger partial charge in [-0.05, 0) is 89.0 Å². The Kier molecular flexibility index (Phi) is 8.06. The van der Waals surface area contributed by atoms with E-state index in [0.717, 1.165) is 16.3 Å². The van der Waals surface area contributed by atoms with Crippen LogP contribution in [0.4, 0.5) is 0 Å². The van der Waals surface area contributed by atoms with Crippen LogP contribution in [-0.2, 0) is 16.2 Å². The van der Waals surface area contributed by atoms with E-state index in [9.17, 15) is 9.59 Å². The molecule has 4 rings (SSSR count). The van der Waals surface area contributed by atoms with E-state index >= 15 is 0 Å². The maximum atomic E-state index is 13.0. The maximum Gasteiger partial charge on any atom is 0.265 e. The number of hydrogen-bond acceptors (Lipinski definition) is 5. The van der Waals surface area contributed by atoms with Gasteiger partial charge in [0.15, 0.2) is 16.6 Å². The molecule has 3 aromatic rings. The zero-order chi connectivity index (χ0) is 25.8. The number of fused-ring (bicyclic) bond motifs is 1. The summed E-state index contributed by atoms with van der Waals surface area (Å²) < 4.78 is 12.8. The van der Waals surface area contributed by atoms with Crippen molar-refractivity contribution in [3.8, 4) is 11.5 Å². The third-order valence-corrected chi connectivity index (χ3v) is 6.97. The molecule has 1 aliphatic heterocycles. The Morgan fingerprint density at radius 2 is 1.58 bits per heavy atom. The molecule has 0 aliphatic carbocycles. The van der Waals surface area contributed by atoms with E-state index in [-0.39, 0.29) is 10.7 Å². The van der Waals surface area contributed by atoms with Crippen molar-refractivity contribution in [2.75, 3.05) is 19.7 Å². The van der Waals surface area contributed by atoms with Gasteiger partial charge in [-0.25, -0.2) is 0 Å². The molecule has 0 bridgehead atoms. The monoisotopic (exact) mass is 566 g/mol. The molecule has 8 heteroatoms. The fourth-order valence-corrected chi connectivity index (χ4v) is 5.19. The number of likely N-dealkylation sites (N-methyl/N-ethyl adjacent to an activating group) is 2. The Hall–Kier alpha value is -3.23. The van der Waals surface area contributed by atoms with Crippen molar-refractivity contribution in [1.82, 2.24) is 9.80 Å². The molecule has 6 nitrogen and oxygen atoms in total. The lowest BCUT2D eigenvalue weighted by Gasteiger charge is -2.35. The van der Waals surface area contributed by atoms with Crippen LogP contribution >= 0.6 is 28.1 Å². The molecule has 0 saturated carbocycles. The number of amides is 2. The first kappa shape index (κ1) is 25.9. The summed E-state index contributed by atoms with van der Waals surface area (Å²) in [7, 11) is 0. The van der Waals surface area contributed by atoms with Crippen LogP contribution in [0.25, 0.3) is 16.8 Å². The SMILES string of the molecule is CCOc1cc(C=C2C(=O)N(CC)C(=S)N(CC)C2=O)cc(Br)c1OCc1cccc2ccccc12. The number of rotatable bonds is 8. The minimum absolute atomic E-state index is 0.0612. The fourth-order valence-electron chi connectivity index (χ4n) is 4.19. The molecule has 186 valence electrons. The predicted molar refractivity (Wildman–Crippen MR) is 149 cm³/mol. The lowest BCUT2D eigenvalue weighted by Crippen LogP contribution is -2.55. The van der Waals surface area contributed by atoms with E-state index in [1.807, 2.05) is 51.1 Å². The third-order valence-electron chi connectivity index (χ3n) is 5.94. The molecule has 3 aromatic carbocycles. The molecule has 1 fully saturated rings. The summed E-state index contributed by atoms with van der Waals surface area (Å²) in [5.74, 6) is 0.273. The number of carbonyl (C=O) groups excluding carboxylic acids is 2. The number of benzene rings is 3. The van der Waals surface area contributed by atoms with E-state index in [1.54, 1.807) is 12.1 Å². The van der Waals surface area contributed by atoms with Gasteiger partial charge >= 0.3 is 0 Å². The topological polar surface area (TPSA) is 59.1 Å². The quantitative estimate of drug-likeness (QED) is 0.191. The van der Waals surface area contributed by atoms with Crippen molar-refractivity contribution in [2.45, 2.75) is 27.4 Å². The van der Waals surface area contributed by atoms with Gasteiger partial charge in [-0.3, -0.25) is 19.4 Å². The Bertz CT molecular complexity index is 1340. The average molecular weight is 568 g/mol. The molecule has 0 unspecified atom stereocenters. The van der Waals surface area contributed by atoms with E-state index < -0.39 is 11.8 Å². The predicted octanol–water partition coefficient (Wildman–Crippen LogP) is 5.96. The van der Waals surface area contributed by atoms with Gasteiger partial charge in [-0.1, -0.05) is 42.5 Å². The van der Waals surface area contributed by atoms with E-state index in [2.05, 4.69) is 34.1 Å². The van der Waals surface area contributed by atoms with Gasteiger partial charge in [0.1, 0.15) is 12.2 Å². The normalized spacial score (nSPS) is 14.0. The summed E-state index contributed by atoms with van der Waals surface area (Å²) in [5.41, 5.74) is 1.76. The molecule has 1 saturated heterocycles. The van der Waals surface area contributed by atoms with Crippen LogP contribution in [0, 0.1) is 0 Å². The highest BCUT2D eigenvalue weighted by atomic mass is 79.9. The Morgan fingerprint density at radius 1 is 0.917 bits per heavy atom. The number of nitrogens with zero attached hydrogens (tertiary/aromatic N) is 2. The standard InChI is InChI=1S/C28H27BrN2O4S/c1-4-30-26(32)22(27(33)31(5-2)28(30)36)14-18-15-23(29)25(24(16-18)34-6-3)35-17-20-12-9-11-19-10-7-8-13-21(19)20/h7-16H,4-6,17H2,1-3H3. The number of thiocarbonyl (C=S) groups is 1. The Labute approximate surface area is 224 Å². The van der Waals surface area contributed by atoms with Gasteiger partial charge in [0.05, 0.1) is 11.1 Å². The van der Waals surface area contributed by atoms with Gasteiger partial charge in [0.25, 0.3) is 11.8 Å². The average Bonchev–Trinajstić information content (AvgIpc) is 2.87. The van der Waals surface area contributed by atoms with E-state index in [0.29, 0.717) is 47.8 Å². The highest BCUT2D eigenvalue weighted by molar-refractivity contribution is 9.10. The molecule has 0 N–H and O–H groups in total. The zero-order valence-electron chi connectivity index (χ0n) is 20.4. The summed E-state index contributed by atoms with van der Waals surface area (Å²) in [6.07, 6.45) is 1.58. The summed E-state index contributed by atoms with van der Waals surface area (Å²) >= 11 is 8.95. The maximum absolute atomic E-state index is 13.0. The molecule has 0 radical (unpaired) electrons. The zero-order valence-corrected chi connectivity index (χ0v) is 22.8.